The summed E-state index contributed by atoms with van der Waals surface area (Å²) in [6.45, 7) is 5.78. The zero-order valence-corrected chi connectivity index (χ0v) is 12.9. The van der Waals surface area contributed by atoms with Crippen LogP contribution in [0.1, 0.15) is 6.92 Å². The molecule has 0 saturated carbocycles. The van der Waals surface area contributed by atoms with Crippen LogP contribution in [-0.2, 0) is 4.74 Å². The molecule has 122 valence electrons. The third kappa shape index (κ3) is 4.57. The molecule has 2 amide bonds. The van der Waals surface area contributed by atoms with Crippen LogP contribution < -0.4 is 15.4 Å². The van der Waals surface area contributed by atoms with E-state index in [2.05, 4.69) is 22.5 Å². The van der Waals surface area contributed by atoms with Crippen molar-refractivity contribution in [2.45, 2.75) is 13.0 Å². The van der Waals surface area contributed by atoms with E-state index in [1.807, 2.05) is 0 Å². The molecule has 1 atom stereocenters. The maximum atomic E-state index is 13.1. The van der Waals surface area contributed by atoms with Crippen LogP contribution in [0, 0.1) is 5.82 Å². The Morgan fingerprint density at radius 1 is 1.45 bits per heavy atom. The van der Waals surface area contributed by atoms with E-state index in [-0.39, 0.29) is 17.8 Å². The summed E-state index contributed by atoms with van der Waals surface area (Å²) in [6, 6.07) is 3.86. The quantitative estimate of drug-likeness (QED) is 0.868. The lowest BCUT2D eigenvalue weighted by Gasteiger charge is -2.32. The van der Waals surface area contributed by atoms with E-state index < -0.39 is 5.82 Å². The van der Waals surface area contributed by atoms with Crippen molar-refractivity contribution >= 4 is 11.7 Å². The Bertz CT molecular complexity index is 507. The molecule has 2 N–H and O–H groups in total. The SMILES string of the molecule is COc1cc(F)ccc1NC(=O)NCC(C)N1CCOCC1. The van der Waals surface area contributed by atoms with Gasteiger partial charge in [0.15, 0.2) is 0 Å². The lowest BCUT2D eigenvalue weighted by atomic mass is 10.2. The summed E-state index contributed by atoms with van der Waals surface area (Å²) in [7, 11) is 1.43. The molecule has 0 bridgehead atoms. The number of benzene rings is 1. The van der Waals surface area contributed by atoms with Crippen LogP contribution in [0.15, 0.2) is 18.2 Å². The van der Waals surface area contributed by atoms with Crippen molar-refractivity contribution in [3.8, 4) is 5.75 Å². The molecule has 0 aliphatic carbocycles. The van der Waals surface area contributed by atoms with Crippen LogP contribution >= 0.6 is 0 Å². The molecule has 1 heterocycles. The Morgan fingerprint density at radius 2 is 2.18 bits per heavy atom. The molecular weight excluding hydrogens is 289 g/mol. The van der Waals surface area contributed by atoms with E-state index in [0.717, 1.165) is 26.3 Å². The van der Waals surface area contributed by atoms with Crippen molar-refractivity contribution in [2.75, 3.05) is 45.3 Å². The molecule has 7 heteroatoms. The summed E-state index contributed by atoms with van der Waals surface area (Å²) in [6.07, 6.45) is 0. The number of amides is 2. The number of morpholine rings is 1. The number of urea groups is 1. The second kappa shape index (κ2) is 7.95. The summed E-state index contributed by atoms with van der Waals surface area (Å²) in [5, 5.41) is 5.47. The number of methoxy groups -OCH3 is 1. The zero-order chi connectivity index (χ0) is 15.9. The second-order valence-electron chi connectivity index (χ2n) is 5.18. The Morgan fingerprint density at radius 3 is 2.86 bits per heavy atom. The minimum atomic E-state index is -0.413. The van der Waals surface area contributed by atoms with Crippen molar-refractivity contribution in [1.29, 1.82) is 0 Å². The largest absolute Gasteiger partial charge is 0.494 e. The standard InChI is InChI=1S/C15H22FN3O3/c1-11(19-5-7-22-8-6-19)10-17-15(20)18-13-4-3-12(16)9-14(13)21-2/h3-4,9,11H,5-8,10H2,1-2H3,(H2,17,18,20). The molecule has 2 rings (SSSR count). The van der Waals surface area contributed by atoms with Crippen LogP contribution in [0.3, 0.4) is 0 Å². The Labute approximate surface area is 129 Å². The number of carbonyl (C=O) groups excluding carboxylic acids is 1. The number of hydrogen-bond donors (Lipinski definition) is 2. The summed E-state index contributed by atoms with van der Waals surface area (Å²) in [5.41, 5.74) is 0.431. The smallest absolute Gasteiger partial charge is 0.319 e. The number of anilines is 1. The minimum absolute atomic E-state index is 0.227. The van der Waals surface area contributed by atoms with Crippen LogP contribution in [0.25, 0.3) is 0 Å². The van der Waals surface area contributed by atoms with Gasteiger partial charge in [-0.1, -0.05) is 0 Å². The second-order valence-corrected chi connectivity index (χ2v) is 5.18. The first-order valence-corrected chi connectivity index (χ1v) is 7.30. The molecule has 22 heavy (non-hydrogen) atoms. The van der Waals surface area contributed by atoms with Crippen LogP contribution in [0.2, 0.25) is 0 Å². The van der Waals surface area contributed by atoms with Gasteiger partial charge in [0.05, 0.1) is 26.0 Å². The molecule has 0 spiro atoms. The van der Waals surface area contributed by atoms with Gasteiger partial charge in [-0.05, 0) is 19.1 Å². The molecule has 1 aliphatic rings. The van der Waals surface area contributed by atoms with Crippen molar-refractivity contribution in [3.05, 3.63) is 24.0 Å². The topological polar surface area (TPSA) is 62.8 Å². The fraction of sp³-hybridized carbons (Fsp3) is 0.533. The van der Waals surface area contributed by atoms with Gasteiger partial charge in [0.2, 0.25) is 0 Å². The molecule has 1 aliphatic heterocycles. The lowest BCUT2D eigenvalue weighted by Crippen LogP contribution is -2.47. The Kier molecular flexibility index (Phi) is 5.97. The summed E-state index contributed by atoms with van der Waals surface area (Å²) in [5.74, 6) is -0.125. The molecule has 1 saturated heterocycles. The van der Waals surface area contributed by atoms with Crippen LogP contribution in [0.4, 0.5) is 14.9 Å². The highest BCUT2D eigenvalue weighted by molar-refractivity contribution is 5.90. The average molecular weight is 311 g/mol. The minimum Gasteiger partial charge on any atom is -0.494 e. The van der Waals surface area contributed by atoms with Gasteiger partial charge in [-0.15, -0.1) is 0 Å². The molecule has 6 nitrogen and oxygen atoms in total. The van der Waals surface area contributed by atoms with E-state index in [1.165, 1.54) is 25.3 Å². The van der Waals surface area contributed by atoms with E-state index in [0.29, 0.717) is 12.2 Å². The van der Waals surface area contributed by atoms with Crippen molar-refractivity contribution in [3.63, 3.8) is 0 Å². The normalized spacial score (nSPS) is 16.9. The van der Waals surface area contributed by atoms with Gasteiger partial charge in [0.1, 0.15) is 11.6 Å². The van der Waals surface area contributed by atoms with E-state index in [4.69, 9.17) is 9.47 Å². The molecule has 1 unspecified atom stereocenters. The maximum Gasteiger partial charge on any atom is 0.319 e. The van der Waals surface area contributed by atoms with Crippen molar-refractivity contribution in [1.82, 2.24) is 10.2 Å². The Balaban J connectivity index is 1.82. The predicted molar refractivity (Wildman–Crippen MR) is 81.8 cm³/mol. The number of hydrogen-bond acceptors (Lipinski definition) is 4. The van der Waals surface area contributed by atoms with Gasteiger partial charge in [0, 0.05) is 31.7 Å². The molecule has 1 aromatic carbocycles. The van der Waals surface area contributed by atoms with Crippen molar-refractivity contribution < 1.29 is 18.7 Å². The summed E-state index contributed by atoms with van der Waals surface area (Å²) < 4.78 is 23.5. The summed E-state index contributed by atoms with van der Waals surface area (Å²) >= 11 is 0. The lowest BCUT2D eigenvalue weighted by molar-refractivity contribution is 0.0209. The number of halogens is 1. The van der Waals surface area contributed by atoms with Gasteiger partial charge >= 0.3 is 6.03 Å². The first kappa shape index (κ1) is 16.5. The highest BCUT2D eigenvalue weighted by Gasteiger charge is 2.17. The molecule has 0 radical (unpaired) electrons. The van der Waals surface area contributed by atoms with Gasteiger partial charge in [-0.3, -0.25) is 4.90 Å². The number of nitrogens with zero attached hydrogens (tertiary/aromatic N) is 1. The monoisotopic (exact) mass is 311 g/mol. The van der Waals surface area contributed by atoms with Crippen molar-refractivity contribution in [2.24, 2.45) is 0 Å². The zero-order valence-electron chi connectivity index (χ0n) is 12.9. The van der Waals surface area contributed by atoms with E-state index in [9.17, 15) is 9.18 Å². The average Bonchev–Trinajstić information content (AvgIpc) is 2.55. The van der Waals surface area contributed by atoms with Gasteiger partial charge in [0.25, 0.3) is 0 Å². The van der Waals surface area contributed by atoms with Crippen LogP contribution in [0.5, 0.6) is 5.75 Å². The third-order valence-corrected chi connectivity index (χ3v) is 3.64. The maximum absolute atomic E-state index is 13.1. The fourth-order valence-corrected chi connectivity index (χ4v) is 2.32. The highest BCUT2D eigenvalue weighted by Crippen LogP contribution is 2.24. The Hall–Kier alpha value is -1.86. The molecule has 1 fully saturated rings. The van der Waals surface area contributed by atoms with Crippen LogP contribution in [-0.4, -0.2) is 56.9 Å². The van der Waals surface area contributed by atoms with Gasteiger partial charge in [-0.25, -0.2) is 9.18 Å². The summed E-state index contributed by atoms with van der Waals surface area (Å²) in [4.78, 5) is 14.2. The van der Waals surface area contributed by atoms with Gasteiger partial charge in [-0.2, -0.15) is 0 Å². The highest BCUT2D eigenvalue weighted by atomic mass is 19.1. The number of ether oxygens (including phenoxy) is 2. The predicted octanol–water partition coefficient (Wildman–Crippen LogP) is 1.68. The molecular formula is C15H22FN3O3. The number of nitrogens with one attached hydrogen (secondary N) is 2. The van der Waals surface area contributed by atoms with Gasteiger partial charge < -0.3 is 20.1 Å². The third-order valence-electron chi connectivity index (χ3n) is 3.64. The molecule has 1 aromatic rings. The van der Waals surface area contributed by atoms with E-state index >= 15 is 0 Å². The first-order chi connectivity index (χ1) is 10.6. The van der Waals surface area contributed by atoms with E-state index in [1.54, 1.807) is 0 Å². The first-order valence-electron chi connectivity index (χ1n) is 7.30. The number of carbonyl (C=O) groups is 1. The fourth-order valence-electron chi connectivity index (χ4n) is 2.32. The molecule has 0 aromatic heterocycles. The number of rotatable bonds is 5.